The molecule has 1 spiro atoms. The molecule has 0 saturated carbocycles. The van der Waals surface area contributed by atoms with Crippen LogP contribution in [0.4, 0.5) is 26.3 Å². The van der Waals surface area contributed by atoms with E-state index in [0.717, 1.165) is 24.6 Å². The molecule has 2 aliphatic rings. The number of furan rings is 1. The van der Waals surface area contributed by atoms with Crippen LogP contribution in [0.5, 0.6) is 0 Å². The van der Waals surface area contributed by atoms with Crippen LogP contribution in [0.15, 0.2) is 40.8 Å². The lowest BCUT2D eigenvalue weighted by Crippen LogP contribution is -2.46. The Kier molecular flexibility index (Phi) is 11.6. The van der Waals surface area contributed by atoms with Crippen LogP contribution in [-0.4, -0.2) is 70.5 Å². The van der Waals surface area contributed by atoms with Crippen molar-refractivity contribution in [1.29, 1.82) is 0 Å². The number of hydrogen-bond acceptors (Lipinski definition) is 5. The average molecular weight is 581 g/mol. The second kappa shape index (κ2) is 14.0. The number of carbonyl (C=O) groups is 2. The normalized spacial score (nSPS) is 17.8. The summed E-state index contributed by atoms with van der Waals surface area (Å²) in [4.78, 5) is 23.0. The molecule has 7 nitrogen and oxygen atoms in total. The number of aliphatic carboxylic acids is 2. The maximum absolute atomic E-state index is 10.6. The second-order valence-corrected chi connectivity index (χ2v) is 10.2. The van der Waals surface area contributed by atoms with Crippen molar-refractivity contribution in [3.05, 3.63) is 59.0 Å². The Bertz CT molecular complexity index is 1060. The van der Waals surface area contributed by atoms with Crippen LogP contribution in [0.3, 0.4) is 0 Å². The first-order valence-electron chi connectivity index (χ1n) is 12.6. The van der Waals surface area contributed by atoms with E-state index in [9.17, 15) is 26.3 Å². The van der Waals surface area contributed by atoms with Gasteiger partial charge in [0, 0.05) is 6.54 Å². The zero-order chi connectivity index (χ0) is 30.1. The molecule has 3 heterocycles. The Morgan fingerprint density at radius 1 is 0.750 bits per heavy atom. The molecule has 0 amide bonds. The van der Waals surface area contributed by atoms with Crippen LogP contribution >= 0.6 is 0 Å². The Labute approximate surface area is 228 Å². The topological polar surface area (TPSA) is 94.2 Å². The highest BCUT2D eigenvalue weighted by atomic mass is 19.4. The van der Waals surface area contributed by atoms with Gasteiger partial charge in [0.25, 0.3) is 0 Å². The van der Waals surface area contributed by atoms with E-state index < -0.39 is 24.3 Å². The number of benzene rings is 1. The zero-order valence-electron chi connectivity index (χ0n) is 22.3. The molecule has 13 heteroatoms. The highest BCUT2D eigenvalue weighted by Crippen LogP contribution is 2.41. The molecule has 0 aliphatic carbocycles. The molecular weight excluding hydrogens is 546 g/mol. The number of rotatable bonds is 4. The predicted octanol–water partition coefficient (Wildman–Crippen LogP) is 6.04. The molecule has 2 aliphatic heterocycles. The van der Waals surface area contributed by atoms with Gasteiger partial charge in [-0.15, -0.1) is 0 Å². The summed E-state index contributed by atoms with van der Waals surface area (Å²) >= 11 is 0. The van der Waals surface area contributed by atoms with Gasteiger partial charge in [0.05, 0.1) is 6.54 Å². The minimum atomic E-state index is -5.08. The second-order valence-electron chi connectivity index (χ2n) is 10.2. The summed E-state index contributed by atoms with van der Waals surface area (Å²) in [6.45, 7) is 11.2. The molecule has 0 radical (unpaired) electrons. The third kappa shape index (κ3) is 11.2. The maximum Gasteiger partial charge on any atom is 0.490 e. The largest absolute Gasteiger partial charge is 0.490 e. The Balaban J connectivity index is 0.000000333. The van der Waals surface area contributed by atoms with Gasteiger partial charge in [-0.2, -0.15) is 26.3 Å². The molecule has 4 rings (SSSR count). The highest BCUT2D eigenvalue weighted by Gasteiger charge is 2.39. The van der Waals surface area contributed by atoms with Crippen molar-refractivity contribution in [2.45, 2.75) is 65.0 Å². The number of carboxylic acid groups (broad SMARTS) is 2. The van der Waals surface area contributed by atoms with E-state index in [4.69, 9.17) is 24.2 Å². The summed E-state index contributed by atoms with van der Waals surface area (Å²) in [5.74, 6) is -3.37. The molecule has 2 N–H and O–H groups in total. The Morgan fingerprint density at radius 3 is 1.50 bits per heavy atom. The van der Waals surface area contributed by atoms with Crippen molar-refractivity contribution < 1.29 is 50.6 Å². The van der Waals surface area contributed by atoms with Crippen molar-refractivity contribution in [3.63, 3.8) is 0 Å². The maximum atomic E-state index is 10.6. The molecule has 2 fully saturated rings. The smallest absolute Gasteiger partial charge is 0.475 e. The lowest BCUT2D eigenvalue weighted by Gasteiger charge is -2.47. The van der Waals surface area contributed by atoms with E-state index in [1.807, 2.05) is 6.92 Å². The molecule has 1 aromatic heterocycles. The third-order valence-corrected chi connectivity index (χ3v) is 7.02. The van der Waals surface area contributed by atoms with E-state index in [1.54, 1.807) is 0 Å². The molecule has 2 saturated heterocycles. The first kappa shape index (κ1) is 33.1. The van der Waals surface area contributed by atoms with Crippen molar-refractivity contribution >= 4 is 11.9 Å². The molecule has 224 valence electrons. The standard InChI is InChI=1S/C23H32N2O.2C2HF3O2/c1-19-3-6-21(7-4-19)17-24-13-9-23(10-14-24)11-15-25(16-12-23)18-22-8-5-20(2)26-22;2*3-2(4,5)1(6)7/h3-8H,9-18H2,1-2H3;2*(H,6,7). The molecule has 1 aromatic carbocycles. The number of alkyl halides is 6. The monoisotopic (exact) mass is 580 g/mol. The molecule has 0 bridgehead atoms. The van der Waals surface area contributed by atoms with E-state index in [0.29, 0.717) is 5.41 Å². The van der Waals surface area contributed by atoms with E-state index in [2.05, 4.69) is 53.1 Å². The first-order valence-corrected chi connectivity index (χ1v) is 12.6. The summed E-state index contributed by atoms with van der Waals surface area (Å²) < 4.78 is 69.2. The van der Waals surface area contributed by atoms with Crippen LogP contribution in [0.25, 0.3) is 0 Å². The first-order chi connectivity index (χ1) is 18.5. The highest BCUT2D eigenvalue weighted by molar-refractivity contribution is 5.73. The molecule has 2 aromatic rings. The van der Waals surface area contributed by atoms with Gasteiger partial charge >= 0.3 is 24.3 Å². The van der Waals surface area contributed by atoms with E-state index in [1.165, 1.54) is 63.0 Å². The zero-order valence-corrected chi connectivity index (χ0v) is 22.3. The van der Waals surface area contributed by atoms with Gasteiger partial charge in [-0.05, 0) is 88.8 Å². The fourth-order valence-electron chi connectivity index (χ4n) is 4.61. The fraction of sp³-hybridized carbons (Fsp3) is 0.556. The minimum Gasteiger partial charge on any atom is -0.475 e. The number of halogens is 6. The SMILES string of the molecule is Cc1ccc(CN2CCC3(CC2)CCN(Cc2ccc(C)o2)CC3)cc1.O=C(O)C(F)(F)F.O=C(O)C(F)(F)F. The number of hydrogen-bond donors (Lipinski definition) is 2. The molecule has 0 unspecified atom stereocenters. The van der Waals surface area contributed by atoms with E-state index >= 15 is 0 Å². The van der Waals surface area contributed by atoms with Crippen LogP contribution in [-0.2, 0) is 22.7 Å². The van der Waals surface area contributed by atoms with Gasteiger partial charge in [0.1, 0.15) is 11.5 Å². The van der Waals surface area contributed by atoms with Gasteiger partial charge in [-0.25, -0.2) is 9.59 Å². The number of likely N-dealkylation sites (tertiary alicyclic amines) is 2. The van der Waals surface area contributed by atoms with Crippen molar-refractivity contribution in [2.24, 2.45) is 5.41 Å². The van der Waals surface area contributed by atoms with Crippen LogP contribution in [0.1, 0.15) is 48.3 Å². The molecule has 0 atom stereocenters. The average Bonchev–Trinajstić information content (AvgIpc) is 3.27. The predicted molar refractivity (Wildman–Crippen MR) is 133 cm³/mol. The number of piperidine rings is 2. The van der Waals surface area contributed by atoms with Crippen molar-refractivity contribution in [1.82, 2.24) is 9.80 Å². The van der Waals surface area contributed by atoms with Crippen molar-refractivity contribution in [2.75, 3.05) is 26.2 Å². The van der Waals surface area contributed by atoms with Crippen LogP contribution in [0.2, 0.25) is 0 Å². The lowest BCUT2D eigenvalue weighted by molar-refractivity contribution is -0.193. The number of nitrogens with zero attached hydrogens (tertiary/aromatic N) is 2. The van der Waals surface area contributed by atoms with E-state index in [-0.39, 0.29) is 0 Å². The van der Waals surface area contributed by atoms with Crippen LogP contribution in [0, 0.1) is 19.3 Å². The Hall–Kier alpha value is -3.06. The van der Waals surface area contributed by atoms with Crippen molar-refractivity contribution in [3.8, 4) is 0 Å². The van der Waals surface area contributed by atoms with Gasteiger partial charge in [0.15, 0.2) is 0 Å². The summed E-state index contributed by atoms with van der Waals surface area (Å²) in [5, 5.41) is 14.2. The third-order valence-electron chi connectivity index (χ3n) is 7.02. The summed E-state index contributed by atoms with van der Waals surface area (Å²) in [7, 11) is 0. The molecular formula is C27H34F6N2O5. The Morgan fingerprint density at radius 2 is 1.15 bits per heavy atom. The summed E-state index contributed by atoms with van der Waals surface area (Å²) in [6.07, 6.45) is -4.73. The summed E-state index contributed by atoms with van der Waals surface area (Å²) in [6, 6.07) is 13.2. The minimum absolute atomic E-state index is 0.597. The molecule has 40 heavy (non-hydrogen) atoms. The van der Waals surface area contributed by atoms with Gasteiger partial charge in [-0.3, -0.25) is 9.80 Å². The van der Waals surface area contributed by atoms with Gasteiger partial charge < -0.3 is 14.6 Å². The fourth-order valence-corrected chi connectivity index (χ4v) is 4.61. The quantitative estimate of drug-likeness (QED) is 0.426. The number of carboxylic acids is 2. The summed E-state index contributed by atoms with van der Waals surface area (Å²) in [5.41, 5.74) is 3.40. The van der Waals surface area contributed by atoms with Gasteiger partial charge in [-0.1, -0.05) is 29.8 Å². The number of aryl methyl sites for hydroxylation is 2. The lowest BCUT2D eigenvalue weighted by atomic mass is 9.71. The van der Waals surface area contributed by atoms with Gasteiger partial charge in [0.2, 0.25) is 0 Å². The van der Waals surface area contributed by atoms with Crippen LogP contribution < -0.4 is 0 Å².